The Labute approximate surface area is 205 Å². The number of aromatic nitrogens is 1. The maximum Gasteiger partial charge on any atom is 0.339 e. The van der Waals surface area contributed by atoms with Crippen LogP contribution in [0.3, 0.4) is 0 Å². The predicted octanol–water partition coefficient (Wildman–Crippen LogP) is 3.93. The van der Waals surface area contributed by atoms with Crippen LogP contribution in [-0.4, -0.2) is 47.8 Å². The second-order valence-electron chi connectivity index (χ2n) is 9.62. The van der Waals surface area contributed by atoms with Gasteiger partial charge in [-0.05, 0) is 37.1 Å². The zero-order valence-electron chi connectivity index (χ0n) is 20.0. The Morgan fingerprint density at radius 2 is 1.77 bits per heavy atom. The minimum atomic E-state index is -0.756. The summed E-state index contributed by atoms with van der Waals surface area (Å²) < 4.78 is 5.81. The van der Waals surface area contributed by atoms with Gasteiger partial charge in [0.2, 0.25) is 5.91 Å². The smallest absolute Gasteiger partial charge is 0.339 e. The second kappa shape index (κ2) is 8.34. The van der Waals surface area contributed by atoms with Crippen LogP contribution in [0.4, 0.5) is 0 Å². The molecule has 1 fully saturated rings. The highest BCUT2D eigenvalue weighted by Gasteiger charge is 2.52. The summed E-state index contributed by atoms with van der Waals surface area (Å²) in [5.74, 6) is -0.548. The monoisotopic (exact) mass is 471 g/mol. The molecular formula is C28H29N3O4. The molecule has 1 spiro atoms. The summed E-state index contributed by atoms with van der Waals surface area (Å²) in [4.78, 5) is 43.8. The lowest BCUT2D eigenvalue weighted by Crippen LogP contribution is -2.44. The van der Waals surface area contributed by atoms with Crippen molar-refractivity contribution in [2.24, 2.45) is 0 Å². The number of carbonyl (C=O) groups is 3. The molecule has 1 atom stereocenters. The zero-order valence-corrected chi connectivity index (χ0v) is 20.0. The van der Waals surface area contributed by atoms with Gasteiger partial charge in [-0.2, -0.15) is 0 Å². The van der Waals surface area contributed by atoms with Gasteiger partial charge < -0.3 is 15.0 Å². The molecule has 35 heavy (non-hydrogen) atoms. The van der Waals surface area contributed by atoms with E-state index in [1.807, 2.05) is 67.3 Å². The van der Waals surface area contributed by atoms with Gasteiger partial charge in [-0.15, -0.1) is 0 Å². The molecule has 5 rings (SSSR count). The molecular weight excluding hydrogens is 442 g/mol. The number of benzene rings is 2. The molecule has 0 aliphatic carbocycles. The average molecular weight is 472 g/mol. The molecule has 3 heterocycles. The van der Waals surface area contributed by atoms with E-state index < -0.39 is 11.0 Å². The van der Waals surface area contributed by atoms with Crippen molar-refractivity contribution >= 4 is 17.8 Å². The number of rotatable bonds is 4. The zero-order chi connectivity index (χ0) is 24.8. The minimum Gasteiger partial charge on any atom is -0.449 e. The van der Waals surface area contributed by atoms with Gasteiger partial charge in [-0.1, -0.05) is 48.5 Å². The van der Waals surface area contributed by atoms with E-state index in [1.54, 1.807) is 25.4 Å². The van der Waals surface area contributed by atoms with Crippen molar-refractivity contribution in [1.82, 2.24) is 15.2 Å². The first-order valence-corrected chi connectivity index (χ1v) is 11.7. The molecule has 3 aromatic rings. The van der Waals surface area contributed by atoms with E-state index in [-0.39, 0.29) is 19.2 Å². The van der Waals surface area contributed by atoms with E-state index in [0.29, 0.717) is 30.8 Å². The molecule has 180 valence electrons. The fourth-order valence-corrected chi connectivity index (χ4v) is 5.03. The van der Waals surface area contributed by atoms with E-state index in [9.17, 15) is 14.4 Å². The van der Waals surface area contributed by atoms with Gasteiger partial charge in [-0.3, -0.25) is 14.6 Å². The third kappa shape index (κ3) is 3.77. The number of hydrogen-bond acceptors (Lipinski definition) is 5. The molecule has 0 radical (unpaired) electrons. The van der Waals surface area contributed by atoms with E-state index in [0.717, 1.165) is 22.3 Å². The number of ether oxygens (including phenoxy) is 1. The molecule has 0 saturated carbocycles. The van der Waals surface area contributed by atoms with Gasteiger partial charge in [0.1, 0.15) is 5.69 Å². The van der Waals surface area contributed by atoms with Gasteiger partial charge >= 0.3 is 5.97 Å². The number of carbonyl (C=O) groups excluding carboxylic acids is 3. The Bertz CT molecular complexity index is 1320. The average Bonchev–Trinajstić information content (AvgIpc) is 3.44. The third-order valence-electron chi connectivity index (χ3n) is 7.14. The Balaban J connectivity index is 0.00000304. The highest BCUT2D eigenvalue weighted by molar-refractivity contribution is 5.95. The minimum absolute atomic E-state index is 0. The number of nitrogens with one attached hydrogen (secondary N) is 1. The van der Waals surface area contributed by atoms with Crippen LogP contribution in [0.1, 0.15) is 53.7 Å². The molecule has 2 aliphatic heterocycles. The quantitative estimate of drug-likeness (QED) is 0.583. The van der Waals surface area contributed by atoms with Crippen LogP contribution in [0.15, 0.2) is 66.9 Å². The Morgan fingerprint density at radius 1 is 1.06 bits per heavy atom. The van der Waals surface area contributed by atoms with Gasteiger partial charge in [0.25, 0.3) is 5.91 Å². The van der Waals surface area contributed by atoms with Crippen LogP contribution >= 0.6 is 0 Å². The van der Waals surface area contributed by atoms with Crippen molar-refractivity contribution in [3.63, 3.8) is 0 Å². The van der Waals surface area contributed by atoms with E-state index in [1.165, 1.54) is 0 Å². The SMILES string of the molecule is CNC(=O)c1ccc(-c2ccc(C(C)(C)C(=O)N3CC[C@@]4(C3)OC(=O)c3ccccc34)cc2)cn1.[HH]. The Kier molecular flexibility index (Phi) is 5.43. The Morgan fingerprint density at radius 3 is 2.46 bits per heavy atom. The molecule has 1 N–H and O–H groups in total. The summed E-state index contributed by atoms with van der Waals surface area (Å²) in [5, 5.41) is 2.56. The summed E-state index contributed by atoms with van der Waals surface area (Å²) in [6.45, 7) is 4.73. The summed E-state index contributed by atoms with van der Waals surface area (Å²) in [5.41, 5.74) is 3.04. The predicted molar refractivity (Wildman–Crippen MR) is 133 cm³/mol. The normalized spacial score (nSPS) is 18.9. The first-order chi connectivity index (χ1) is 16.7. The molecule has 2 aliphatic rings. The van der Waals surface area contributed by atoms with Gasteiger partial charge in [0.05, 0.1) is 17.5 Å². The first-order valence-electron chi connectivity index (χ1n) is 11.7. The lowest BCUT2D eigenvalue weighted by Gasteiger charge is -2.31. The molecule has 1 aromatic heterocycles. The molecule has 7 nitrogen and oxygen atoms in total. The fraction of sp³-hybridized carbons (Fsp3) is 0.286. The molecule has 2 amide bonds. The highest BCUT2D eigenvalue weighted by Crippen LogP contribution is 2.44. The van der Waals surface area contributed by atoms with Crippen molar-refractivity contribution in [1.29, 1.82) is 0 Å². The van der Waals surface area contributed by atoms with Crippen LogP contribution in [-0.2, 0) is 20.5 Å². The molecule has 0 bridgehead atoms. The first kappa shape index (κ1) is 22.8. The standard InChI is InChI=1S/C28H27N3O4.H2/c1-27(2,20-11-8-18(9-12-20)19-10-13-23(30-16-19)24(32)29-3)26(34)31-15-14-28(17-31)22-7-5-4-6-21(22)25(33)35-28;/h4-13,16H,14-15,17H2,1-3H3,(H,29,32);1H/t28-;/m0./s1. The van der Waals surface area contributed by atoms with Crippen molar-refractivity contribution in [2.45, 2.75) is 31.3 Å². The molecule has 1 saturated heterocycles. The second-order valence-corrected chi connectivity index (χ2v) is 9.62. The van der Waals surface area contributed by atoms with Crippen LogP contribution in [0.5, 0.6) is 0 Å². The van der Waals surface area contributed by atoms with Gasteiger partial charge in [0, 0.05) is 38.8 Å². The summed E-state index contributed by atoms with van der Waals surface area (Å²) >= 11 is 0. The number of hydrogen-bond donors (Lipinski definition) is 1. The number of esters is 1. The maximum absolute atomic E-state index is 13.6. The third-order valence-corrected chi connectivity index (χ3v) is 7.14. The summed E-state index contributed by atoms with van der Waals surface area (Å²) in [6, 6.07) is 18.8. The maximum atomic E-state index is 13.6. The highest BCUT2D eigenvalue weighted by atomic mass is 16.6. The number of nitrogens with zero attached hydrogens (tertiary/aromatic N) is 2. The topological polar surface area (TPSA) is 88.6 Å². The van der Waals surface area contributed by atoms with E-state index in [4.69, 9.17) is 4.74 Å². The number of likely N-dealkylation sites (tertiary alicyclic amines) is 1. The van der Waals surface area contributed by atoms with E-state index in [2.05, 4.69) is 10.3 Å². The van der Waals surface area contributed by atoms with Crippen LogP contribution < -0.4 is 5.32 Å². The lowest BCUT2D eigenvalue weighted by molar-refractivity contribution is -0.136. The molecule has 7 heteroatoms. The number of pyridine rings is 1. The van der Waals surface area contributed by atoms with Crippen molar-refractivity contribution < 1.29 is 20.5 Å². The van der Waals surface area contributed by atoms with Crippen molar-refractivity contribution in [2.75, 3.05) is 20.1 Å². The lowest BCUT2D eigenvalue weighted by atomic mass is 9.82. The number of amides is 2. The summed E-state index contributed by atoms with van der Waals surface area (Å²) in [6.07, 6.45) is 2.26. The molecule has 0 unspecified atom stereocenters. The Hall–Kier alpha value is -4.00. The van der Waals surface area contributed by atoms with Crippen LogP contribution in [0.2, 0.25) is 0 Å². The van der Waals surface area contributed by atoms with Crippen molar-refractivity contribution in [3.8, 4) is 11.1 Å². The van der Waals surface area contributed by atoms with E-state index >= 15 is 0 Å². The van der Waals surface area contributed by atoms with Gasteiger partial charge in [-0.25, -0.2) is 4.79 Å². The van der Waals surface area contributed by atoms with Crippen LogP contribution in [0.25, 0.3) is 11.1 Å². The largest absolute Gasteiger partial charge is 0.449 e. The van der Waals surface area contributed by atoms with Gasteiger partial charge in [0.15, 0.2) is 5.60 Å². The molecule has 2 aromatic carbocycles. The summed E-state index contributed by atoms with van der Waals surface area (Å²) in [7, 11) is 1.57. The van der Waals surface area contributed by atoms with Crippen LogP contribution in [0, 0.1) is 0 Å². The van der Waals surface area contributed by atoms with Crippen molar-refractivity contribution in [3.05, 3.63) is 89.2 Å². The number of fused-ring (bicyclic) bond motifs is 2. The fourth-order valence-electron chi connectivity index (χ4n) is 5.03.